The minimum absolute atomic E-state index is 0.115. The van der Waals surface area contributed by atoms with E-state index in [1.807, 2.05) is 19.1 Å². The zero-order chi connectivity index (χ0) is 17.3. The minimum Gasteiger partial charge on any atom is -0.507 e. The molecule has 24 heavy (non-hydrogen) atoms. The topological polar surface area (TPSA) is 74.8 Å². The predicted octanol–water partition coefficient (Wildman–Crippen LogP) is 4.36. The number of aromatic hydroxyl groups is 1. The van der Waals surface area contributed by atoms with Crippen molar-refractivity contribution in [3.8, 4) is 5.75 Å². The van der Waals surface area contributed by atoms with Crippen LogP contribution in [0.2, 0.25) is 0 Å². The van der Waals surface area contributed by atoms with Gasteiger partial charge >= 0.3 is 5.91 Å². The first-order valence-electron chi connectivity index (χ1n) is 7.28. The molecular weight excluding hydrogens is 372 g/mol. The third-order valence-electron chi connectivity index (χ3n) is 3.57. The normalized spacial score (nSPS) is 11.7. The number of fused-ring (bicyclic) bond motifs is 1. The van der Waals surface area contributed by atoms with Gasteiger partial charge in [0.15, 0.2) is 5.76 Å². The van der Waals surface area contributed by atoms with Crippen LogP contribution in [0.25, 0.3) is 11.0 Å². The molecule has 2 aromatic carbocycles. The maximum absolute atomic E-state index is 12.2. The van der Waals surface area contributed by atoms with E-state index in [0.29, 0.717) is 16.9 Å². The van der Waals surface area contributed by atoms with Gasteiger partial charge in [0.2, 0.25) is 0 Å². The fourth-order valence-electron chi connectivity index (χ4n) is 2.32. The average molecular weight is 387 g/mol. The summed E-state index contributed by atoms with van der Waals surface area (Å²) in [5.41, 5.74) is 5.15. The van der Waals surface area contributed by atoms with Crippen molar-refractivity contribution in [2.75, 3.05) is 0 Å². The van der Waals surface area contributed by atoms with Crippen molar-refractivity contribution in [2.24, 2.45) is 5.10 Å². The van der Waals surface area contributed by atoms with Crippen molar-refractivity contribution >= 4 is 38.5 Å². The first-order chi connectivity index (χ1) is 11.4. The van der Waals surface area contributed by atoms with Gasteiger partial charge in [-0.05, 0) is 50.2 Å². The fraction of sp³-hybridized carbons (Fsp3) is 0.111. The third kappa shape index (κ3) is 3.33. The Labute approximate surface area is 147 Å². The van der Waals surface area contributed by atoms with Crippen molar-refractivity contribution in [2.45, 2.75) is 13.8 Å². The quantitative estimate of drug-likeness (QED) is 0.518. The van der Waals surface area contributed by atoms with Gasteiger partial charge in [-0.2, -0.15) is 5.10 Å². The van der Waals surface area contributed by atoms with Gasteiger partial charge in [0.05, 0.1) is 5.71 Å². The number of phenolic OH excluding ortho intramolecular Hbond substituents is 1. The van der Waals surface area contributed by atoms with Crippen molar-refractivity contribution in [3.63, 3.8) is 0 Å². The Morgan fingerprint density at radius 3 is 2.79 bits per heavy atom. The van der Waals surface area contributed by atoms with Crippen LogP contribution < -0.4 is 5.43 Å². The van der Waals surface area contributed by atoms with Gasteiger partial charge in [0.1, 0.15) is 11.3 Å². The maximum atomic E-state index is 12.2. The number of hydrogen-bond donors (Lipinski definition) is 2. The molecule has 0 aliphatic heterocycles. The Morgan fingerprint density at radius 2 is 2.00 bits per heavy atom. The van der Waals surface area contributed by atoms with E-state index in [9.17, 15) is 9.90 Å². The molecule has 1 heterocycles. The SMILES string of the molecule is CC(=NNC(=O)c1cc2cc(Br)ccc2o1)c1cc(C)ccc1O. The highest BCUT2D eigenvalue weighted by Gasteiger charge is 2.13. The molecule has 2 N–H and O–H groups in total. The Kier molecular flexibility index (Phi) is 4.40. The average Bonchev–Trinajstić information content (AvgIpc) is 2.97. The van der Waals surface area contributed by atoms with Gasteiger partial charge in [-0.1, -0.05) is 27.6 Å². The molecule has 0 aliphatic carbocycles. The Balaban J connectivity index is 1.81. The second-order valence-electron chi connectivity index (χ2n) is 5.45. The number of phenols is 1. The first-order valence-corrected chi connectivity index (χ1v) is 8.07. The molecule has 0 spiro atoms. The number of rotatable bonds is 3. The van der Waals surface area contributed by atoms with E-state index in [2.05, 4.69) is 26.5 Å². The van der Waals surface area contributed by atoms with E-state index in [4.69, 9.17) is 4.42 Å². The van der Waals surface area contributed by atoms with Crippen LogP contribution in [0.3, 0.4) is 0 Å². The van der Waals surface area contributed by atoms with Crippen LogP contribution in [0.4, 0.5) is 0 Å². The molecule has 0 atom stereocenters. The summed E-state index contributed by atoms with van der Waals surface area (Å²) in [6, 6.07) is 12.4. The zero-order valence-electron chi connectivity index (χ0n) is 13.1. The van der Waals surface area contributed by atoms with Gasteiger partial charge < -0.3 is 9.52 Å². The van der Waals surface area contributed by atoms with Crippen LogP contribution in [0.15, 0.2) is 56.5 Å². The molecule has 5 nitrogen and oxygen atoms in total. The lowest BCUT2D eigenvalue weighted by molar-refractivity contribution is 0.0929. The van der Waals surface area contributed by atoms with Crippen LogP contribution in [0.5, 0.6) is 5.75 Å². The van der Waals surface area contributed by atoms with E-state index in [-0.39, 0.29) is 11.5 Å². The summed E-state index contributed by atoms with van der Waals surface area (Å²) in [6.07, 6.45) is 0. The monoisotopic (exact) mass is 386 g/mol. The third-order valence-corrected chi connectivity index (χ3v) is 4.06. The number of hydrogen-bond acceptors (Lipinski definition) is 4. The number of halogens is 1. The number of furan rings is 1. The van der Waals surface area contributed by atoms with Crippen molar-refractivity contribution < 1.29 is 14.3 Å². The lowest BCUT2D eigenvalue weighted by Gasteiger charge is -2.05. The lowest BCUT2D eigenvalue weighted by Crippen LogP contribution is -2.18. The number of aryl methyl sites for hydroxylation is 1. The Morgan fingerprint density at radius 1 is 1.21 bits per heavy atom. The molecule has 1 aromatic heterocycles. The largest absolute Gasteiger partial charge is 0.507 e. The highest BCUT2D eigenvalue weighted by molar-refractivity contribution is 9.10. The molecule has 1 amide bonds. The van der Waals surface area contributed by atoms with Crippen molar-refractivity contribution in [1.82, 2.24) is 5.43 Å². The molecule has 0 aliphatic rings. The summed E-state index contributed by atoms with van der Waals surface area (Å²) in [4.78, 5) is 12.2. The van der Waals surface area contributed by atoms with Gasteiger partial charge in [-0.25, -0.2) is 5.43 Å². The Bertz CT molecular complexity index is 960. The standard InChI is InChI=1S/C18H15BrN2O3/c1-10-3-5-15(22)14(7-10)11(2)20-21-18(23)17-9-12-8-13(19)4-6-16(12)24-17/h3-9,22H,1-2H3,(H,21,23). The first kappa shape index (κ1) is 16.3. The summed E-state index contributed by atoms with van der Waals surface area (Å²) < 4.78 is 6.42. The van der Waals surface area contributed by atoms with E-state index in [1.54, 1.807) is 37.3 Å². The van der Waals surface area contributed by atoms with Gasteiger partial charge in [-0.15, -0.1) is 0 Å². The number of hydrazone groups is 1. The van der Waals surface area contributed by atoms with E-state index < -0.39 is 5.91 Å². The molecule has 3 rings (SSSR count). The van der Waals surface area contributed by atoms with E-state index >= 15 is 0 Å². The van der Waals surface area contributed by atoms with Crippen LogP contribution >= 0.6 is 15.9 Å². The number of amides is 1. The summed E-state index contributed by atoms with van der Waals surface area (Å²) in [5.74, 6) is -0.161. The highest BCUT2D eigenvalue weighted by atomic mass is 79.9. The zero-order valence-corrected chi connectivity index (χ0v) is 14.7. The van der Waals surface area contributed by atoms with E-state index in [0.717, 1.165) is 15.4 Å². The summed E-state index contributed by atoms with van der Waals surface area (Å²) in [5, 5.41) is 14.8. The summed E-state index contributed by atoms with van der Waals surface area (Å²) in [6.45, 7) is 3.63. The summed E-state index contributed by atoms with van der Waals surface area (Å²) >= 11 is 3.38. The molecule has 122 valence electrons. The molecular formula is C18H15BrN2O3. The molecule has 0 unspecified atom stereocenters. The number of nitrogens with one attached hydrogen (secondary N) is 1. The van der Waals surface area contributed by atoms with Crippen LogP contribution in [0.1, 0.15) is 28.6 Å². The molecule has 0 radical (unpaired) electrons. The Hall–Kier alpha value is -2.60. The number of carbonyl (C=O) groups excluding carboxylic acids is 1. The summed E-state index contributed by atoms with van der Waals surface area (Å²) in [7, 11) is 0. The molecule has 3 aromatic rings. The number of nitrogens with zero attached hydrogens (tertiary/aromatic N) is 1. The van der Waals surface area contributed by atoms with Gasteiger partial charge in [-0.3, -0.25) is 4.79 Å². The molecule has 0 saturated carbocycles. The fourth-order valence-corrected chi connectivity index (χ4v) is 2.69. The smallest absolute Gasteiger partial charge is 0.307 e. The second-order valence-corrected chi connectivity index (χ2v) is 6.37. The molecule has 0 saturated heterocycles. The number of carbonyl (C=O) groups is 1. The van der Waals surface area contributed by atoms with E-state index in [1.165, 1.54) is 0 Å². The molecule has 0 fully saturated rings. The predicted molar refractivity (Wildman–Crippen MR) is 96.4 cm³/mol. The van der Waals surface area contributed by atoms with Gasteiger partial charge in [0, 0.05) is 15.4 Å². The van der Waals surface area contributed by atoms with Gasteiger partial charge in [0.25, 0.3) is 0 Å². The van der Waals surface area contributed by atoms with Crippen molar-refractivity contribution in [3.05, 3.63) is 63.8 Å². The minimum atomic E-state index is -0.450. The number of benzene rings is 2. The lowest BCUT2D eigenvalue weighted by atomic mass is 10.1. The van der Waals surface area contributed by atoms with Crippen molar-refractivity contribution in [1.29, 1.82) is 0 Å². The van der Waals surface area contributed by atoms with Crippen LogP contribution in [0, 0.1) is 6.92 Å². The second kappa shape index (κ2) is 6.49. The maximum Gasteiger partial charge on any atom is 0.307 e. The molecule has 6 heteroatoms. The van der Waals surface area contributed by atoms with Crippen LogP contribution in [-0.2, 0) is 0 Å². The molecule has 0 bridgehead atoms. The highest BCUT2D eigenvalue weighted by Crippen LogP contribution is 2.23. The van der Waals surface area contributed by atoms with Crippen LogP contribution in [-0.4, -0.2) is 16.7 Å².